The van der Waals surface area contributed by atoms with Gasteiger partial charge in [-0.15, -0.1) is 0 Å². The molecule has 0 fully saturated rings. The number of hydrogen-bond acceptors (Lipinski definition) is 3. The number of anilines is 1. The highest BCUT2D eigenvalue weighted by atomic mass is 19.1. The first-order chi connectivity index (χ1) is 12.1. The van der Waals surface area contributed by atoms with Crippen LogP contribution >= 0.6 is 0 Å². The maximum atomic E-state index is 13.5. The first-order valence-electron chi connectivity index (χ1n) is 7.45. The smallest absolute Gasteiger partial charge is 0.344 e. The van der Waals surface area contributed by atoms with Gasteiger partial charge < -0.3 is 10.1 Å². The lowest BCUT2D eigenvalue weighted by molar-refractivity contribution is -0.119. The van der Waals surface area contributed by atoms with E-state index < -0.39 is 35.7 Å². The second-order valence-corrected chi connectivity index (χ2v) is 5.25. The van der Waals surface area contributed by atoms with Gasteiger partial charge in [-0.25, -0.2) is 13.6 Å². The average Bonchev–Trinajstić information content (AvgIpc) is 2.60. The molecule has 0 bridgehead atoms. The maximum absolute atomic E-state index is 13.5. The highest BCUT2D eigenvalue weighted by Gasteiger charge is 2.19. The Morgan fingerprint density at radius 1 is 0.880 bits per heavy atom. The first kappa shape index (κ1) is 16.6. The fourth-order valence-corrected chi connectivity index (χ4v) is 2.42. The van der Waals surface area contributed by atoms with Crippen molar-refractivity contribution in [2.75, 3.05) is 11.9 Å². The van der Waals surface area contributed by atoms with Gasteiger partial charge >= 0.3 is 5.97 Å². The summed E-state index contributed by atoms with van der Waals surface area (Å²) in [5, 5.41) is 4.38. The van der Waals surface area contributed by atoms with Crippen molar-refractivity contribution in [3.8, 4) is 0 Å². The Balaban J connectivity index is 1.68. The van der Waals surface area contributed by atoms with Crippen LogP contribution in [0.15, 0.2) is 60.7 Å². The summed E-state index contributed by atoms with van der Waals surface area (Å²) in [6.45, 7) is -0.657. The molecule has 0 aliphatic carbocycles. The summed E-state index contributed by atoms with van der Waals surface area (Å²) in [5.74, 6) is -3.93. The predicted octanol–water partition coefficient (Wildman–Crippen LogP) is 3.91. The highest BCUT2D eigenvalue weighted by molar-refractivity contribution is 6.03. The van der Waals surface area contributed by atoms with E-state index in [-0.39, 0.29) is 0 Å². The van der Waals surface area contributed by atoms with E-state index in [9.17, 15) is 18.4 Å². The number of amides is 1. The van der Waals surface area contributed by atoms with Crippen LogP contribution in [0.4, 0.5) is 14.5 Å². The van der Waals surface area contributed by atoms with Crippen LogP contribution < -0.4 is 5.32 Å². The molecule has 0 radical (unpaired) electrons. The van der Waals surface area contributed by atoms with Gasteiger partial charge in [0.15, 0.2) is 6.61 Å². The molecule has 0 aliphatic rings. The van der Waals surface area contributed by atoms with Crippen molar-refractivity contribution in [2.45, 2.75) is 0 Å². The van der Waals surface area contributed by atoms with Crippen LogP contribution in [0.3, 0.4) is 0 Å². The van der Waals surface area contributed by atoms with Crippen LogP contribution in [-0.2, 0) is 9.53 Å². The third-order valence-electron chi connectivity index (χ3n) is 3.56. The predicted molar refractivity (Wildman–Crippen MR) is 89.2 cm³/mol. The van der Waals surface area contributed by atoms with Gasteiger partial charge in [0, 0.05) is 11.1 Å². The SMILES string of the molecule is O=C(COC(=O)c1c(F)cccc1F)Nc1cccc2ccccc12. The fourth-order valence-electron chi connectivity index (χ4n) is 2.42. The molecular weight excluding hydrogens is 328 g/mol. The van der Waals surface area contributed by atoms with Crippen molar-refractivity contribution in [3.63, 3.8) is 0 Å². The Bertz CT molecular complexity index is 931. The minimum Gasteiger partial charge on any atom is -0.452 e. The van der Waals surface area contributed by atoms with E-state index in [1.54, 1.807) is 12.1 Å². The Morgan fingerprint density at radius 2 is 1.52 bits per heavy atom. The second-order valence-electron chi connectivity index (χ2n) is 5.25. The number of fused-ring (bicyclic) bond motifs is 1. The van der Waals surface area contributed by atoms with Gasteiger partial charge in [0.2, 0.25) is 0 Å². The molecule has 126 valence electrons. The van der Waals surface area contributed by atoms with E-state index in [0.717, 1.165) is 29.0 Å². The minimum absolute atomic E-state index is 0.552. The summed E-state index contributed by atoms with van der Waals surface area (Å²) < 4.78 is 31.7. The summed E-state index contributed by atoms with van der Waals surface area (Å²) in [5.41, 5.74) is -0.267. The van der Waals surface area contributed by atoms with Crippen LogP contribution in [0.1, 0.15) is 10.4 Å². The van der Waals surface area contributed by atoms with Gasteiger partial charge in [-0.05, 0) is 23.6 Å². The monoisotopic (exact) mass is 341 g/mol. The van der Waals surface area contributed by atoms with Gasteiger partial charge in [-0.1, -0.05) is 42.5 Å². The van der Waals surface area contributed by atoms with Gasteiger partial charge in [0.25, 0.3) is 5.91 Å². The van der Waals surface area contributed by atoms with Gasteiger partial charge in [0.1, 0.15) is 17.2 Å². The van der Waals surface area contributed by atoms with E-state index in [2.05, 4.69) is 5.32 Å². The normalized spacial score (nSPS) is 10.5. The number of carbonyl (C=O) groups excluding carboxylic acids is 2. The molecule has 0 unspecified atom stereocenters. The lowest BCUT2D eigenvalue weighted by Crippen LogP contribution is -2.22. The van der Waals surface area contributed by atoms with Crippen molar-refractivity contribution in [2.24, 2.45) is 0 Å². The molecule has 0 spiro atoms. The number of carbonyl (C=O) groups is 2. The zero-order valence-corrected chi connectivity index (χ0v) is 13.0. The molecule has 1 amide bonds. The van der Waals surface area contributed by atoms with Crippen LogP contribution in [0.5, 0.6) is 0 Å². The second kappa shape index (κ2) is 7.09. The topological polar surface area (TPSA) is 55.4 Å². The molecule has 0 saturated heterocycles. The maximum Gasteiger partial charge on any atom is 0.344 e. The number of benzene rings is 3. The van der Waals surface area contributed by atoms with E-state index in [0.29, 0.717) is 5.69 Å². The minimum atomic E-state index is -1.23. The van der Waals surface area contributed by atoms with E-state index in [1.165, 1.54) is 0 Å². The van der Waals surface area contributed by atoms with Gasteiger partial charge in [-0.2, -0.15) is 0 Å². The summed E-state index contributed by atoms with van der Waals surface area (Å²) >= 11 is 0. The van der Waals surface area contributed by atoms with Crippen LogP contribution in [0, 0.1) is 11.6 Å². The van der Waals surface area contributed by atoms with Crippen molar-refractivity contribution >= 4 is 28.3 Å². The molecule has 0 heterocycles. The Morgan fingerprint density at radius 3 is 2.28 bits per heavy atom. The molecule has 0 atom stereocenters. The Kier molecular flexibility index (Phi) is 4.70. The fraction of sp³-hybridized carbons (Fsp3) is 0.0526. The highest BCUT2D eigenvalue weighted by Crippen LogP contribution is 2.22. The molecule has 0 aromatic heterocycles. The molecule has 3 aromatic carbocycles. The van der Waals surface area contributed by atoms with Crippen LogP contribution in [-0.4, -0.2) is 18.5 Å². The van der Waals surface area contributed by atoms with Crippen molar-refractivity contribution < 1.29 is 23.1 Å². The van der Waals surface area contributed by atoms with Crippen molar-refractivity contribution in [1.29, 1.82) is 0 Å². The lowest BCUT2D eigenvalue weighted by atomic mass is 10.1. The number of halogens is 2. The van der Waals surface area contributed by atoms with Gasteiger partial charge in [0.05, 0.1) is 0 Å². The zero-order chi connectivity index (χ0) is 17.8. The van der Waals surface area contributed by atoms with E-state index >= 15 is 0 Å². The summed E-state index contributed by atoms with van der Waals surface area (Å²) in [4.78, 5) is 23.8. The van der Waals surface area contributed by atoms with E-state index in [1.807, 2.05) is 30.3 Å². The third kappa shape index (κ3) is 3.63. The first-order valence-corrected chi connectivity index (χ1v) is 7.45. The number of esters is 1. The molecule has 4 nitrogen and oxygen atoms in total. The van der Waals surface area contributed by atoms with Crippen molar-refractivity contribution in [3.05, 3.63) is 77.9 Å². The average molecular weight is 341 g/mol. The molecule has 1 N–H and O–H groups in total. The van der Waals surface area contributed by atoms with Crippen LogP contribution in [0.25, 0.3) is 10.8 Å². The zero-order valence-electron chi connectivity index (χ0n) is 13.0. The molecule has 25 heavy (non-hydrogen) atoms. The summed E-state index contributed by atoms with van der Waals surface area (Å²) in [6, 6.07) is 15.8. The number of ether oxygens (including phenoxy) is 1. The number of rotatable bonds is 4. The van der Waals surface area contributed by atoms with Crippen LogP contribution in [0.2, 0.25) is 0 Å². The molecule has 3 rings (SSSR count). The molecule has 3 aromatic rings. The molecule has 0 saturated carbocycles. The standard InChI is InChI=1S/C19H13F2NO3/c20-14-8-4-9-15(21)18(14)19(24)25-11-17(23)22-16-10-3-6-12-5-1-2-7-13(12)16/h1-10H,11H2,(H,22,23). The quantitative estimate of drug-likeness (QED) is 0.732. The number of hydrogen-bond donors (Lipinski definition) is 1. The lowest BCUT2D eigenvalue weighted by Gasteiger charge is -2.09. The van der Waals surface area contributed by atoms with Crippen molar-refractivity contribution in [1.82, 2.24) is 0 Å². The molecular formula is C19H13F2NO3. The third-order valence-corrected chi connectivity index (χ3v) is 3.56. The number of nitrogens with one attached hydrogen (secondary N) is 1. The Hall–Kier alpha value is -3.28. The largest absolute Gasteiger partial charge is 0.452 e. The molecule has 0 aliphatic heterocycles. The summed E-state index contributed by atoms with van der Waals surface area (Å²) in [6.07, 6.45) is 0. The van der Waals surface area contributed by atoms with E-state index in [4.69, 9.17) is 4.74 Å². The Labute approximate surface area is 142 Å². The summed E-state index contributed by atoms with van der Waals surface area (Å²) in [7, 11) is 0. The van der Waals surface area contributed by atoms with Gasteiger partial charge in [-0.3, -0.25) is 4.79 Å². The molecule has 6 heteroatoms.